The van der Waals surface area contributed by atoms with E-state index in [4.69, 9.17) is 9.15 Å². The van der Waals surface area contributed by atoms with Crippen molar-refractivity contribution in [2.45, 2.75) is 39.5 Å². The number of furan rings is 1. The van der Waals surface area contributed by atoms with Crippen molar-refractivity contribution in [2.75, 3.05) is 6.54 Å². The summed E-state index contributed by atoms with van der Waals surface area (Å²) in [6, 6.07) is 11.3. The first-order chi connectivity index (χ1) is 12.5. The molecule has 0 bridgehead atoms. The molecule has 1 aliphatic rings. The van der Waals surface area contributed by atoms with Crippen molar-refractivity contribution in [3.63, 3.8) is 0 Å². The van der Waals surface area contributed by atoms with Crippen molar-refractivity contribution in [1.29, 1.82) is 0 Å². The zero-order valence-electron chi connectivity index (χ0n) is 15.1. The predicted molar refractivity (Wildman–Crippen MR) is 96.3 cm³/mol. The van der Waals surface area contributed by atoms with E-state index in [0.717, 1.165) is 17.1 Å². The molecule has 0 spiro atoms. The highest BCUT2D eigenvalue weighted by Gasteiger charge is 2.34. The maximum Gasteiger partial charge on any atom is 0.225 e. The van der Waals surface area contributed by atoms with E-state index in [-0.39, 0.29) is 30.3 Å². The van der Waals surface area contributed by atoms with Gasteiger partial charge in [0, 0.05) is 19.5 Å². The van der Waals surface area contributed by atoms with Crippen LogP contribution in [0.1, 0.15) is 31.6 Å². The van der Waals surface area contributed by atoms with Crippen LogP contribution in [0.25, 0.3) is 0 Å². The fourth-order valence-corrected chi connectivity index (χ4v) is 2.98. The van der Waals surface area contributed by atoms with Gasteiger partial charge in [0.05, 0.1) is 24.8 Å². The Morgan fingerprint density at radius 2 is 2.08 bits per heavy atom. The van der Waals surface area contributed by atoms with Gasteiger partial charge in [-0.05, 0) is 43.7 Å². The number of ether oxygens (including phenoxy) is 1. The molecule has 0 aliphatic carbocycles. The standard InChI is InChI=1S/C20H24N2O4/c1-14(2)26-17-7-5-15(6-8-17)11-21-20(24)16-10-19(23)22(12-16)13-18-4-3-9-25-18/h3-9,14,16H,10-13H2,1-2H3,(H,21,24). The van der Waals surface area contributed by atoms with Crippen molar-refractivity contribution in [2.24, 2.45) is 5.92 Å². The Hall–Kier alpha value is -2.76. The van der Waals surface area contributed by atoms with E-state index in [1.54, 1.807) is 17.2 Å². The summed E-state index contributed by atoms with van der Waals surface area (Å²) in [6.45, 7) is 5.22. The molecule has 26 heavy (non-hydrogen) atoms. The highest BCUT2D eigenvalue weighted by Crippen LogP contribution is 2.21. The van der Waals surface area contributed by atoms with Gasteiger partial charge in [-0.1, -0.05) is 12.1 Å². The van der Waals surface area contributed by atoms with Crippen LogP contribution in [0.4, 0.5) is 0 Å². The largest absolute Gasteiger partial charge is 0.491 e. The molecule has 1 aromatic carbocycles. The fourth-order valence-electron chi connectivity index (χ4n) is 2.98. The van der Waals surface area contributed by atoms with Crippen molar-refractivity contribution < 1.29 is 18.7 Å². The topological polar surface area (TPSA) is 71.8 Å². The van der Waals surface area contributed by atoms with Gasteiger partial charge in [0.2, 0.25) is 11.8 Å². The first-order valence-corrected chi connectivity index (χ1v) is 8.84. The molecule has 2 heterocycles. The molecule has 1 aromatic heterocycles. The van der Waals surface area contributed by atoms with Crippen LogP contribution in [0, 0.1) is 5.92 Å². The van der Waals surface area contributed by atoms with Gasteiger partial charge in [-0.2, -0.15) is 0 Å². The van der Waals surface area contributed by atoms with Crippen LogP contribution in [0.3, 0.4) is 0 Å². The van der Waals surface area contributed by atoms with E-state index in [2.05, 4.69) is 5.32 Å². The molecule has 2 amide bonds. The number of benzene rings is 1. The summed E-state index contributed by atoms with van der Waals surface area (Å²) in [5.41, 5.74) is 0.992. The summed E-state index contributed by atoms with van der Waals surface area (Å²) in [6.07, 6.45) is 1.95. The number of nitrogens with zero attached hydrogens (tertiary/aromatic N) is 1. The second kappa shape index (κ2) is 8.08. The zero-order valence-corrected chi connectivity index (χ0v) is 15.1. The number of likely N-dealkylation sites (tertiary alicyclic amines) is 1. The molecule has 1 N–H and O–H groups in total. The predicted octanol–water partition coefficient (Wildman–Crippen LogP) is 2.73. The Kier molecular flexibility index (Phi) is 5.61. The van der Waals surface area contributed by atoms with Gasteiger partial charge in [-0.3, -0.25) is 9.59 Å². The Morgan fingerprint density at radius 3 is 2.73 bits per heavy atom. The lowest BCUT2D eigenvalue weighted by Gasteiger charge is -2.15. The minimum atomic E-state index is -0.319. The molecule has 1 fully saturated rings. The van der Waals surface area contributed by atoms with Gasteiger partial charge >= 0.3 is 0 Å². The Morgan fingerprint density at radius 1 is 1.31 bits per heavy atom. The Balaban J connectivity index is 1.48. The number of carbonyl (C=O) groups excluding carboxylic acids is 2. The number of carbonyl (C=O) groups is 2. The van der Waals surface area contributed by atoms with Gasteiger partial charge in [0.25, 0.3) is 0 Å². The number of nitrogens with one attached hydrogen (secondary N) is 1. The summed E-state index contributed by atoms with van der Waals surface area (Å²) in [4.78, 5) is 26.2. The van der Waals surface area contributed by atoms with Gasteiger partial charge in [0.1, 0.15) is 11.5 Å². The lowest BCUT2D eigenvalue weighted by molar-refractivity contribution is -0.129. The first kappa shape index (κ1) is 18.0. The third kappa shape index (κ3) is 4.65. The molecule has 0 saturated carbocycles. The highest BCUT2D eigenvalue weighted by molar-refractivity contribution is 5.89. The average Bonchev–Trinajstić information content (AvgIpc) is 3.24. The lowest BCUT2D eigenvalue weighted by atomic mass is 10.1. The minimum absolute atomic E-state index is 0.0169. The number of rotatable bonds is 7. The summed E-state index contributed by atoms with van der Waals surface area (Å²) >= 11 is 0. The van der Waals surface area contributed by atoms with Crippen LogP contribution in [0.2, 0.25) is 0 Å². The van der Waals surface area contributed by atoms with E-state index >= 15 is 0 Å². The smallest absolute Gasteiger partial charge is 0.225 e. The molecule has 1 unspecified atom stereocenters. The van der Waals surface area contributed by atoms with E-state index in [0.29, 0.717) is 19.6 Å². The van der Waals surface area contributed by atoms with Crippen molar-refractivity contribution in [1.82, 2.24) is 10.2 Å². The number of amides is 2. The third-order valence-corrected chi connectivity index (χ3v) is 4.27. The van der Waals surface area contributed by atoms with E-state index in [1.165, 1.54) is 0 Å². The van der Waals surface area contributed by atoms with E-state index in [1.807, 2.05) is 44.2 Å². The molecule has 3 rings (SSSR count). The molecule has 1 aliphatic heterocycles. The van der Waals surface area contributed by atoms with Gasteiger partial charge in [-0.15, -0.1) is 0 Å². The molecule has 1 atom stereocenters. The first-order valence-electron chi connectivity index (χ1n) is 8.84. The Bertz CT molecular complexity index is 738. The van der Waals surface area contributed by atoms with Crippen LogP contribution < -0.4 is 10.1 Å². The van der Waals surface area contributed by atoms with Gasteiger partial charge in [0.15, 0.2) is 0 Å². The number of hydrogen-bond donors (Lipinski definition) is 1. The SMILES string of the molecule is CC(C)Oc1ccc(CNC(=O)C2CC(=O)N(Cc3ccco3)C2)cc1. The van der Waals surface area contributed by atoms with Crippen LogP contribution in [-0.4, -0.2) is 29.4 Å². The molecule has 6 heteroatoms. The molecule has 0 radical (unpaired) electrons. The summed E-state index contributed by atoms with van der Waals surface area (Å²) in [5.74, 6) is 1.11. The fraction of sp³-hybridized carbons (Fsp3) is 0.400. The molecular weight excluding hydrogens is 332 g/mol. The normalized spacial score (nSPS) is 17.0. The third-order valence-electron chi connectivity index (χ3n) is 4.27. The van der Waals surface area contributed by atoms with Gasteiger partial charge < -0.3 is 19.4 Å². The lowest BCUT2D eigenvalue weighted by Crippen LogP contribution is -2.32. The molecular formula is C20H24N2O4. The monoisotopic (exact) mass is 356 g/mol. The molecule has 138 valence electrons. The second-order valence-corrected chi connectivity index (χ2v) is 6.78. The maximum atomic E-state index is 12.4. The van der Waals surface area contributed by atoms with E-state index in [9.17, 15) is 9.59 Å². The van der Waals surface area contributed by atoms with Crippen LogP contribution in [0.15, 0.2) is 47.1 Å². The average molecular weight is 356 g/mol. The van der Waals surface area contributed by atoms with Gasteiger partial charge in [-0.25, -0.2) is 0 Å². The van der Waals surface area contributed by atoms with Crippen LogP contribution in [0.5, 0.6) is 5.75 Å². The highest BCUT2D eigenvalue weighted by atomic mass is 16.5. The second-order valence-electron chi connectivity index (χ2n) is 6.78. The summed E-state index contributed by atoms with van der Waals surface area (Å²) < 4.78 is 10.9. The molecule has 6 nitrogen and oxygen atoms in total. The number of hydrogen-bond acceptors (Lipinski definition) is 4. The van der Waals surface area contributed by atoms with Crippen molar-refractivity contribution >= 4 is 11.8 Å². The van der Waals surface area contributed by atoms with Crippen LogP contribution >= 0.6 is 0 Å². The van der Waals surface area contributed by atoms with E-state index < -0.39 is 0 Å². The zero-order chi connectivity index (χ0) is 18.5. The van der Waals surface area contributed by atoms with Crippen molar-refractivity contribution in [3.8, 4) is 5.75 Å². The summed E-state index contributed by atoms with van der Waals surface area (Å²) in [7, 11) is 0. The molecule has 2 aromatic rings. The maximum absolute atomic E-state index is 12.4. The quantitative estimate of drug-likeness (QED) is 0.828. The Labute approximate surface area is 153 Å². The molecule has 1 saturated heterocycles. The summed E-state index contributed by atoms with van der Waals surface area (Å²) in [5, 5.41) is 2.92. The van der Waals surface area contributed by atoms with Crippen LogP contribution in [-0.2, 0) is 22.7 Å². The van der Waals surface area contributed by atoms with Crippen molar-refractivity contribution in [3.05, 3.63) is 54.0 Å². The minimum Gasteiger partial charge on any atom is -0.491 e.